The smallest absolute Gasteiger partial charge is 0.162 e. The highest BCUT2D eigenvalue weighted by Crippen LogP contribution is 2.45. The van der Waals surface area contributed by atoms with Crippen molar-refractivity contribution < 1.29 is 9.53 Å². The van der Waals surface area contributed by atoms with Crippen molar-refractivity contribution >= 4 is 15.3 Å². The van der Waals surface area contributed by atoms with Crippen LogP contribution in [0.4, 0.5) is 0 Å². The number of fused-ring (bicyclic) bond motifs is 3. The number of hydrogen-bond acceptors (Lipinski definition) is 2. The van der Waals surface area contributed by atoms with Crippen molar-refractivity contribution in [1.29, 1.82) is 0 Å². The Morgan fingerprint density at radius 2 is 2.00 bits per heavy atom. The summed E-state index contributed by atoms with van der Waals surface area (Å²) in [4.78, 5) is 13.1. The van der Waals surface area contributed by atoms with Crippen LogP contribution in [0.25, 0.3) is 0 Å². The van der Waals surface area contributed by atoms with Crippen LogP contribution in [0.15, 0.2) is 30.3 Å². The van der Waals surface area contributed by atoms with Gasteiger partial charge in [-0.25, -0.2) is 0 Å². The number of ether oxygens (including phenoxy) is 1. The van der Waals surface area contributed by atoms with E-state index >= 15 is 0 Å². The molecule has 2 bridgehead atoms. The molecule has 2 nitrogen and oxygen atoms in total. The molecule has 1 aromatic carbocycles. The number of Topliss-reactive ketones (excluding diaryl/α,β-unsaturated/α-hetero) is 1. The van der Waals surface area contributed by atoms with Crippen LogP contribution in [0, 0.1) is 5.92 Å². The Bertz CT molecular complexity index is 559. The fourth-order valence-corrected chi connectivity index (χ4v) is 7.84. The van der Waals surface area contributed by atoms with Crippen LogP contribution in [0.5, 0.6) is 0 Å². The number of hydrogen-bond donors (Lipinski definition) is 0. The topological polar surface area (TPSA) is 26.3 Å². The predicted molar refractivity (Wildman–Crippen MR) is 112 cm³/mol. The van der Waals surface area contributed by atoms with Gasteiger partial charge in [0.15, 0.2) is 5.78 Å². The van der Waals surface area contributed by atoms with Crippen molar-refractivity contribution in [2.45, 2.75) is 94.9 Å². The summed E-state index contributed by atoms with van der Waals surface area (Å²) in [5.41, 5.74) is 2.15. The van der Waals surface area contributed by atoms with E-state index in [1.165, 1.54) is 43.7 Å². The van der Waals surface area contributed by atoms with Crippen molar-refractivity contribution in [1.82, 2.24) is 0 Å². The molecule has 5 unspecified atom stereocenters. The lowest BCUT2D eigenvalue weighted by Crippen LogP contribution is -2.49. The molecule has 3 fully saturated rings. The third-order valence-corrected chi connectivity index (χ3v) is 9.06. The summed E-state index contributed by atoms with van der Waals surface area (Å²) >= 11 is 0. The molecule has 3 heteroatoms. The van der Waals surface area contributed by atoms with Crippen molar-refractivity contribution in [2.75, 3.05) is 0 Å². The normalized spacial score (nSPS) is 29.3. The molecular formula is C23H36O2Si. The summed E-state index contributed by atoms with van der Waals surface area (Å²) in [6, 6.07) is 12.0. The largest absolute Gasteiger partial charge is 0.367 e. The summed E-state index contributed by atoms with van der Waals surface area (Å²) in [5.74, 6) is 1.23. The van der Waals surface area contributed by atoms with E-state index in [1.54, 1.807) is 0 Å². The van der Waals surface area contributed by atoms with E-state index in [4.69, 9.17) is 4.74 Å². The number of benzene rings is 1. The Labute approximate surface area is 161 Å². The Balaban J connectivity index is 1.58. The monoisotopic (exact) mass is 372 g/mol. The second-order valence-electron chi connectivity index (χ2n) is 8.49. The summed E-state index contributed by atoms with van der Waals surface area (Å²) < 4.78 is 6.39. The lowest BCUT2D eigenvalue weighted by atomic mass is 9.76. The maximum Gasteiger partial charge on any atom is 0.162 e. The zero-order valence-electron chi connectivity index (χ0n) is 16.7. The molecule has 1 saturated carbocycles. The second kappa shape index (κ2) is 9.84. The first-order valence-corrected chi connectivity index (χ1v) is 12.8. The Kier molecular flexibility index (Phi) is 7.50. The maximum atomic E-state index is 13.1. The number of rotatable bonds is 10. The zero-order valence-corrected chi connectivity index (χ0v) is 18.1. The Hall–Kier alpha value is -0.933. The van der Waals surface area contributed by atoms with Gasteiger partial charge in [-0.15, -0.1) is 0 Å². The molecule has 0 spiro atoms. The van der Waals surface area contributed by atoms with Gasteiger partial charge in [-0.3, -0.25) is 4.79 Å². The van der Waals surface area contributed by atoms with Gasteiger partial charge in [0.25, 0.3) is 0 Å². The molecule has 4 rings (SSSR count). The average molecular weight is 373 g/mol. The van der Waals surface area contributed by atoms with E-state index in [1.807, 2.05) is 0 Å². The van der Waals surface area contributed by atoms with E-state index < -0.39 is 0 Å². The van der Waals surface area contributed by atoms with Gasteiger partial charge >= 0.3 is 0 Å². The molecule has 1 aromatic rings. The zero-order chi connectivity index (χ0) is 18.4. The highest BCUT2D eigenvalue weighted by molar-refractivity contribution is 6.37. The van der Waals surface area contributed by atoms with Gasteiger partial charge in [-0.05, 0) is 48.6 Å². The number of carbonyl (C=O) groups excluding carboxylic acids is 1. The fraction of sp³-hybridized carbons (Fsp3) is 0.696. The molecule has 2 saturated heterocycles. The van der Waals surface area contributed by atoms with Gasteiger partial charge < -0.3 is 4.74 Å². The third-order valence-electron chi connectivity index (χ3n) is 6.55. The molecule has 5 atom stereocenters. The number of ketones is 1. The van der Waals surface area contributed by atoms with Crippen molar-refractivity contribution in [3.63, 3.8) is 0 Å². The first-order chi connectivity index (χ1) is 12.7. The van der Waals surface area contributed by atoms with Crippen LogP contribution in [-0.4, -0.2) is 27.5 Å². The van der Waals surface area contributed by atoms with Crippen LogP contribution in [0.2, 0.25) is 11.6 Å². The lowest BCUT2D eigenvalue weighted by molar-refractivity contribution is -0.158. The summed E-state index contributed by atoms with van der Waals surface area (Å²) in [7, 11) is -0.0288. The van der Waals surface area contributed by atoms with Gasteiger partial charge in [-0.2, -0.15) is 0 Å². The SMILES string of the molecule is CCCC[SiH2]C1CC2CCC1OC2C(=O)CC(CCC)c1ccccc1. The molecule has 2 heterocycles. The van der Waals surface area contributed by atoms with Gasteiger partial charge in [-0.1, -0.05) is 69.5 Å². The van der Waals surface area contributed by atoms with Crippen molar-refractivity contribution in [2.24, 2.45) is 5.92 Å². The highest BCUT2D eigenvalue weighted by Gasteiger charge is 2.45. The average Bonchev–Trinajstić information content (AvgIpc) is 2.69. The maximum absolute atomic E-state index is 13.1. The van der Waals surface area contributed by atoms with Gasteiger partial charge in [0.2, 0.25) is 0 Å². The van der Waals surface area contributed by atoms with E-state index in [9.17, 15) is 4.79 Å². The summed E-state index contributed by atoms with van der Waals surface area (Å²) in [6.45, 7) is 4.50. The van der Waals surface area contributed by atoms with Crippen LogP contribution in [0.3, 0.4) is 0 Å². The van der Waals surface area contributed by atoms with Crippen LogP contribution >= 0.6 is 0 Å². The predicted octanol–water partition coefficient (Wildman–Crippen LogP) is 5.27. The van der Waals surface area contributed by atoms with Crippen LogP contribution in [-0.2, 0) is 9.53 Å². The van der Waals surface area contributed by atoms with Crippen molar-refractivity contribution in [3.8, 4) is 0 Å². The molecular weight excluding hydrogens is 336 g/mol. The molecule has 0 amide bonds. The Morgan fingerprint density at radius 1 is 1.19 bits per heavy atom. The minimum Gasteiger partial charge on any atom is -0.367 e. The standard InChI is InChI=1S/C23H36O2Si/c1-3-5-14-26-22-16-19-12-13-21(22)25-23(19)20(24)15-18(9-4-2)17-10-7-6-8-11-17/h6-8,10-11,18-19,21-23H,3-5,9,12-16,26H2,1-2H3. The molecule has 1 aliphatic carbocycles. The van der Waals surface area contributed by atoms with Crippen LogP contribution < -0.4 is 0 Å². The van der Waals surface area contributed by atoms with E-state index in [0.29, 0.717) is 30.1 Å². The van der Waals surface area contributed by atoms with Gasteiger partial charge in [0, 0.05) is 15.9 Å². The van der Waals surface area contributed by atoms with Crippen LogP contribution in [0.1, 0.15) is 76.7 Å². The molecule has 3 aliphatic rings. The first kappa shape index (κ1) is 19.8. The van der Waals surface area contributed by atoms with Crippen molar-refractivity contribution in [3.05, 3.63) is 35.9 Å². The van der Waals surface area contributed by atoms with E-state index in [0.717, 1.165) is 18.4 Å². The Morgan fingerprint density at radius 3 is 2.65 bits per heavy atom. The molecule has 144 valence electrons. The second-order valence-corrected chi connectivity index (χ2v) is 10.8. The van der Waals surface area contributed by atoms with Gasteiger partial charge in [0.1, 0.15) is 6.10 Å². The molecule has 26 heavy (non-hydrogen) atoms. The lowest BCUT2D eigenvalue weighted by Gasteiger charge is -2.47. The van der Waals surface area contributed by atoms with Gasteiger partial charge in [0.05, 0.1) is 6.10 Å². The minimum absolute atomic E-state index is 0.0288. The number of carbonyl (C=O) groups is 1. The third kappa shape index (κ3) is 4.86. The minimum atomic E-state index is -0.103. The van der Waals surface area contributed by atoms with E-state index in [2.05, 4.69) is 44.2 Å². The summed E-state index contributed by atoms with van der Waals surface area (Å²) in [5, 5.41) is 0. The summed E-state index contributed by atoms with van der Waals surface area (Å²) in [6.07, 6.45) is 9.56. The first-order valence-electron chi connectivity index (χ1n) is 11.0. The fourth-order valence-electron chi connectivity index (χ4n) is 5.14. The number of unbranched alkanes of at least 4 members (excludes halogenated alkanes) is 1. The molecule has 0 N–H and O–H groups in total. The van der Waals surface area contributed by atoms with E-state index in [-0.39, 0.29) is 15.6 Å². The quantitative estimate of drug-likeness (QED) is 0.413. The molecule has 0 aromatic heterocycles. The molecule has 2 aliphatic heterocycles. The highest BCUT2D eigenvalue weighted by atomic mass is 28.2. The molecule has 0 radical (unpaired) electrons.